The molecule has 0 radical (unpaired) electrons. The Bertz CT molecular complexity index is 447. The molecular weight excluding hydrogens is 292 g/mol. The molecule has 1 aromatic rings. The minimum atomic E-state index is -0.207. The lowest BCUT2D eigenvalue weighted by Gasteiger charge is -2.17. The number of ether oxygens (including phenoxy) is 2. The van der Waals surface area contributed by atoms with Gasteiger partial charge in [0.15, 0.2) is 0 Å². The largest absolute Gasteiger partial charge is 0.376 e. The van der Waals surface area contributed by atoms with Gasteiger partial charge in [0, 0.05) is 31.8 Å². The maximum absolute atomic E-state index is 11.8. The van der Waals surface area contributed by atoms with Crippen LogP contribution in [0, 0.1) is 0 Å². The van der Waals surface area contributed by atoms with E-state index in [1.165, 1.54) is 0 Å². The SMILES string of the molecule is CO[C@H](CNC(=O)NC[C@H]1CCCO1)c1ccc(Cl)cc1. The zero-order valence-corrected chi connectivity index (χ0v) is 12.9. The Morgan fingerprint density at radius 1 is 1.43 bits per heavy atom. The van der Waals surface area contributed by atoms with Gasteiger partial charge in [-0.1, -0.05) is 23.7 Å². The summed E-state index contributed by atoms with van der Waals surface area (Å²) in [5.41, 5.74) is 0.973. The van der Waals surface area contributed by atoms with E-state index in [4.69, 9.17) is 21.1 Å². The van der Waals surface area contributed by atoms with Crippen molar-refractivity contribution in [1.82, 2.24) is 10.6 Å². The fourth-order valence-electron chi connectivity index (χ4n) is 2.27. The molecule has 1 heterocycles. The Morgan fingerprint density at radius 2 is 2.19 bits per heavy atom. The number of benzene rings is 1. The first-order chi connectivity index (χ1) is 10.2. The van der Waals surface area contributed by atoms with Crippen molar-refractivity contribution < 1.29 is 14.3 Å². The van der Waals surface area contributed by atoms with Gasteiger partial charge in [-0.05, 0) is 30.5 Å². The Hall–Kier alpha value is -1.30. The molecule has 1 fully saturated rings. The molecule has 116 valence electrons. The summed E-state index contributed by atoms with van der Waals surface area (Å²) in [5, 5.41) is 6.30. The van der Waals surface area contributed by atoms with Crippen LogP contribution in [-0.4, -0.2) is 38.9 Å². The molecule has 0 aliphatic carbocycles. The van der Waals surface area contributed by atoms with Gasteiger partial charge in [0.1, 0.15) is 0 Å². The maximum atomic E-state index is 11.8. The Morgan fingerprint density at radius 3 is 2.81 bits per heavy atom. The molecule has 0 unspecified atom stereocenters. The molecule has 1 aliphatic heterocycles. The van der Waals surface area contributed by atoms with Gasteiger partial charge in [-0.15, -0.1) is 0 Å². The molecule has 2 rings (SSSR count). The summed E-state index contributed by atoms with van der Waals surface area (Å²) < 4.78 is 10.8. The molecular formula is C15H21ClN2O3. The molecule has 0 bridgehead atoms. The van der Waals surface area contributed by atoms with Crippen molar-refractivity contribution in [3.05, 3.63) is 34.9 Å². The summed E-state index contributed by atoms with van der Waals surface area (Å²) in [6, 6.07) is 7.19. The smallest absolute Gasteiger partial charge is 0.314 e. The fourth-order valence-corrected chi connectivity index (χ4v) is 2.40. The highest BCUT2D eigenvalue weighted by atomic mass is 35.5. The highest BCUT2D eigenvalue weighted by Crippen LogP contribution is 2.18. The van der Waals surface area contributed by atoms with Crippen LogP contribution < -0.4 is 10.6 Å². The van der Waals surface area contributed by atoms with E-state index < -0.39 is 0 Å². The number of methoxy groups -OCH3 is 1. The van der Waals surface area contributed by atoms with Crippen molar-refractivity contribution in [2.24, 2.45) is 0 Å². The summed E-state index contributed by atoms with van der Waals surface area (Å²) in [7, 11) is 1.62. The van der Waals surface area contributed by atoms with Crippen molar-refractivity contribution >= 4 is 17.6 Å². The topological polar surface area (TPSA) is 59.6 Å². The van der Waals surface area contributed by atoms with E-state index in [-0.39, 0.29) is 18.2 Å². The van der Waals surface area contributed by atoms with Gasteiger partial charge in [0.2, 0.25) is 0 Å². The van der Waals surface area contributed by atoms with Crippen LogP contribution in [0.1, 0.15) is 24.5 Å². The summed E-state index contributed by atoms with van der Waals surface area (Å²) >= 11 is 5.86. The number of urea groups is 1. The van der Waals surface area contributed by atoms with Crippen LogP contribution in [0.5, 0.6) is 0 Å². The Labute approximate surface area is 130 Å². The van der Waals surface area contributed by atoms with E-state index in [9.17, 15) is 4.79 Å². The highest BCUT2D eigenvalue weighted by molar-refractivity contribution is 6.30. The van der Waals surface area contributed by atoms with Crippen LogP contribution >= 0.6 is 11.6 Å². The highest BCUT2D eigenvalue weighted by Gasteiger charge is 2.17. The monoisotopic (exact) mass is 312 g/mol. The van der Waals surface area contributed by atoms with Crippen molar-refractivity contribution in [1.29, 1.82) is 0 Å². The van der Waals surface area contributed by atoms with E-state index in [1.54, 1.807) is 19.2 Å². The zero-order chi connectivity index (χ0) is 15.1. The third-order valence-corrected chi connectivity index (χ3v) is 3.74. The van der Waals surface area contributed by atoms with Crippen molar-refractivity contribution in [3.63, 3.8) is 0 Å². The quantitative estimate of drug-likeness (QED) is 0.848. The van der Waals surface area contributed by atoms with Crippen molar-refractivity contribution in [2.45, 2.75) is 25.0 Å². The molecule has 1 aliphatic rings. The average molecular weight is 313 g/mol. The average Bonchev–Trinajstić information content (AvgIpc) is 3.01. The van der Waals surface area contributed by atoms with Gasteiger partial charge < -0.3 is 20.1 Å². The molecule has 2 amide bonds. The minimum absolute atomic E-state index is 0.144. The lowest BCUT2D eigenvalue weighted by atomic mass is 10.1. The minimum Gasteiger partial charge on any atom is -0.376 e. The van der Waals surface area contributed by atoms with E-state index in [2.05, 4.69) is 10.6 Å². The second-order valence-electron chi connectivity index (χ2n) is 5.00. The van der Waals surface area contributed by atoms with E-state index in [1.807, 2.05) is 12.1 Å². The summed E-state index contributed by atoms with van der Waals surface area (Å²) in [5.74, 6) is 0. The molecule has 2 atom stereocenters. The maximum Gasteiger partial charge on any atom is 0.314 e. The van der Waals surface area contributed by atoms with Crippen LogP contribution in [-0.2, 0) is 9.47 Å². The lowest BCUT2D eigenvalue weighted by molar-refractivity contribution is 0.101. The van der Waals surface area contributed by atoms with Gasteiger partial charge in [0.05, 0.1) is 12.2 Å². The number of nitrogens with one attached hydrogen (secondary N) is 2. The summed E-state index contributed by atoms with van der Waals surface area (Å²) in [6.07, 6.45) is 2.02. The van der Waals surface area contributed by atoms with Crippen LogP contribution in [0.15, 0.2) is 24.3 Å². The fraction of sp³-hybridized carbons (Fsp3) is 0.533. The third kappa shape index (κ3) is 5.19. The number of halogens is 1. The molecule has 6 heteroatoms. The van der Waals surface area contributed by atoms with Gasteiger partial charge in [-0.3, -0.25) is 0 Å². The Kier molecular flexibility index (Phi) is 6.29. The summed E-state index contributed by atoms with van der Waals surface area (Å²) in [4.78, 5) is 11.8. The first kappa shape index (κ1) is 16.1. The van der Waals surface area contributed by atoms with Gasteiger partial charge in [0.25, 0.3) is 0 Å². The number of carbonyl (C=O) groups is 1. The molecule has 1 saturated heterocycles. The molecule has 0 aromatic heterocycles. The third-order valence-electron chi connectivity index (χ3n) is 3.49. The molecule has 0 saturated carbocycles. The zero-order valence-electron chi connectivity index (χ0n) is 12.1. The van der Waals surface area contributed by atoms with Gasteiger partial charge in [-0.25, -0.2) is 4.79 Å². The second kappa shape index (κ2) is 8.22. The number of hydrogen-bond donors (Lipinski definition) is 2. The summed E-state index contributed by atoms with van der Waals surface area (Å²) in [6.45, 7) is 1.73. The van der Waals surface area contributed by atoms with Crippen molar-refractivity contribution in [2.75, 3.05) is 26.8 Å². The number of rotatable bonds is 6. The predicted molar refractivity (Wildman–Crippen MR) is 81.6 cm³/mol. The Balaban J connectivity index is 1.74. The van der Waals surface area contributed by atoms with Crippen LogP contribution in [0.3, 0.4) is 0 Å². The number of hydrogen-bond acceptors (Lipinski definition) is 3. The lowest BCUT2D eigenvalue weighted by Crippen LogP contribution is -2.41. The molecule has 5 nitrogen and oxygen atoms in total. The van der Waals surface area contributed by atoms with Crippen molar-refractivity contribution in [3.8, 4) is 0 Å². The van der Waals surface area contributed by atoms with Gasteiger partial charge >= 0.3 is 6.03 Å². The van der Waals surface area contributed by atoms with E-state index >= 15 is 0 Å². The number of amides is 2. The first-order valence-electron chi connectivity index (χ1n) is 7.10. The molecule has 2 N–H and O–H groups in total. The van der Waals surface area contributed by atoms with Crippen LogP contribution in [0.4, 0.5) is 4.79 Å². The molecule has 0 spiro atoms. The molecule has 21 heavy (non-hydrogen) atoms. The second-order valence-corrected chi connectivity index (χ2v) is 5.44. The van der Waals surface area contributed by atoms with Crippen LogP contribution in [0.25, 0.3) is 0 Å². The van der Waals surface area contributed by atoms with Crippen LogP contribution in [0.2, 0.25) is 5.02 Å². The van der Waals surface area contributed by atoms with E-state index in [0.717, 1.165) is 25.0 Å². The molecule has 1 aromatic carbocycles. The first-order valence-corrected chi connectivity index (χ1v) is 7.48. The standard InChI is InChI=1S/C15H21ClN2O3/c1-20-14(11-4-6-12(16)7-5-11)10-18-15(19)17-9-13-3-2-8-21-13/h4-7,13-14H,2-3,8-10H2,1H3,(H2,17,18,19)/t13-,14-/m1/s1. The predicted octanol–water partition coefficient (Wildman–Crippen LogP) is 2.51. The number of carbonyl (C=O) groups excluding carboxylic acids is 1. The van der Waals surface area contributed by atoms with E-state index in [0.29, 0.717) is 18.1 Å². The normalized spacial score (nSPS) is 19.2. The van der Waals surface area contributed by atoms with Gasteiger partial charge in [-0.2, -0.15) is 0 Å².